The maximum Gasteiger partial charge on any atom is 0.245 e. The number of carbonyl (C=O) groups excluding carboxylic acids is 7. The molecule has 0 saturated heterocycles. The van der Waals surface area contributed by atoms with Gasteiger partial charge in [-0.05, 0) is 45.6 Å². The highest BCUT2D eigenvalue weighted by Gasteiger charge is 2.32. The van der Waals surface area contributed by atoms with E-state index >= 15 is 0 Å². The van der Waals surface area contributed by atoms with Gasteiger partial charge in [0.1, 0.15) is 30.4 Å². The normalized spacial score (nSPS) is 13.8. The van der Waals surface area contributed by atoms with Crippen molar-refractivity contribution in [2.75, 3.05) is 33.4 Å². The molecule has 0 rings (SSSR count). The number of unbranched alkanes of at least 4 members (excludes halogenated alkanes) is 14. The van der Waals surface area contributed by atoms with Crippen LogP contribution in [0, 0.1) is 5.41 Å². The summed E-state index contributed by atoms with van der Waals surface area (Å²) in [5.74, 6) is -5.81. The first kappa shape index (κ1) is 59.4. The van der Waals surface area contributed by atoms with E-state index in [1.165, 1.54) is 64.8 Å². The molecule has 16 N–H and O–H groups in total. The number of primary amides is 1. The zero-order chi connectivity index (χ0) is 48.1. The Bertz CT molecular complexity index is 1380. The van der Waals surface area contributed by atoms with Crippen molar-refractivity contribution in [1.29, 1.82) is 5.41 Å². The van der Waals surface area contributed by atoms with E-state index in [9.17, 15) is 48.9 Å². The molecule has 0 aromatic rings. The zero-order valence-corrected chi connectivity index (χ0v) is 38.7. The molecule has 21 nitrogen and oxygen atoms in total. The topological polar surface area (TPSA) is 352 Å². The Morgan fingerprint density at radius 3 is 1.48 bits per heavy atom. The fraction of sp³-hybridized carbons (Fsp3) is 0.814. The number of aliphatic hydroxyl groups is 3. The predicted molar refractivity (Wildman–Crippen MR) is 244 cm³/mol. The van der Waals surface area contributed by atoms with E-state index in [-0.39, 0.29) is 50.5 Å². The van der Waals surface area contributed by atoms with Crippen LogP contribution in [0.2, 0.25) is 0 Å². The van der Waals surface area contributed by atoms with Crippen molar-refractivity contribution in [1.82, 2.24) is 42.5 Å². The number of nitrogens with one attached hydrogen (secondary N) is 9. The van der Waals surface area contributed by atoms with Crippen molar-refractivity contribution in [3.05, 3.63) is 0 Å². The molecule has 0 heterocycles. The van der Waals surface area contributed by atoms with Gasteiger partial charge < -0.3 is 64.0 Å². The average Bonchev–Trinajstić information content (AvgIpc) is 3.26. The van der Waals surface area contributed by atoms with Crippen LogP contribution < -0.4 is 54.0 Å². The molecule has 370 valence electrons. The molecule has 0 fully saturated rings. The second kappa shape index (κ2) is 37.7. The SMILES string of the molecule is CCCCCCCCCCCCCCCC(=O)NCC(=O)N[C@@H](CO)C(=O)N[C@@H](CCC(N)=O)C(=O)N[C@@H](CCCCNC(=N)N)C(=O)N[C@@H](CO)C(=O)N[C@@H](CCCC)[C@H](O)NC. The van der Waals surface area contributed by atoms with E-state index in [0.29, 0.717) is 25.7 Å². The minimum atomic E-state index is -1.56. The summed E-state index contributed by atoms with van der Waals surface area (Å²) in [6.07, 6.45) is 16.1. The first-order valence-corrected chi connectivity index (χ1v) is 23.3. The minimum Gasteiger partial charge on any atom is -0.394 e. The van der Waals surface area contributed by atoms with Crippen LogP contribution in [0.3, 0.4) is 0 Å². The lowest BCUT2D eigenvalue weighted by Crippen LogP contribution is -2.60. The fourth-order valence-electron chi connectivity index (χ4n) is 6.76. The molecule has 64 heavy (non-hydrogen) atoms. The summed E-state index contributed by atoms with van der Waals surface area (Å²) >= 11 is 0. The van der Waals surface area contributed by atoms with Gasteiger partial charge in [0.25, 0.3) is 0 Å². The summed E-state index contributed by atoms with van der Waals surface area (Å²) in [5.41, 5.74) is 10.7. The van der Waals surface area contributed by atoms with E-state index in [1.807, 2.05) is 6.92 Å². The van der Waals surface area contributed by atoms with Crippen LogP contribution in [0.15, 0.2) is 0 Å². The fourth-order valence-corrected chi connectivity index (χ4v) is 6.76. The van der Waals surface area contributed by atoms with Crippen molar-refractivity contribution in [2.45, 2.75) is 192 Å². The van der Waals surface area contributed by atoms with Gasteiger partial charge in [-0.3, -0.25) is 44.3 Å². The molecule has 0 saturated carbocycles. The lowest BCUT2D eigenvalue weighted by molar-refractivity contribution is -0.135. The lowest BCUT2D eigenvalue weighted by Gasteiger charge is -2.28. The molecule has 0 aromatic heterocycles. The Morgan fingerprint density at radius 1 is 0.516 bits per heavy atom. The molecular formula is C43H83N11O10. The van der Waals surface area contributed by atoms with Gasteiger partial charge in [0, 0.05) is 19.4 Å². The molecule has 0 bridgehead atoms. The summed E-state index contributed by atoms with van der Waals surface area (Å²) in [6.45, 7) is 2.24. The molecule has 0 unspecified atom stereocenters. The average molecular weight is 914 g/mol. The van der Waals surface area contributed by atoms with Gasteiger partial charge >= 0.3 is 0 Å². The monoisotopic (exact) mass is 914 g/mol. The maximum absolute atomic E-state index is 13.7. The van der Waals surface area contributed by atoms with E-state index in [4.69, 9.17) is 16.9 Å². The number of aliphatic hydroxyl groups excluding tert-OH is 3. The van der Waals surface area contributed by atoms with Crippen LogP contribution in [0.5, 0.6) is 0 Å². The number of hydrogen-bond donors (Lipinski definition) is 14. The first-order valence-electron chi connectivity index (χ1n) is 23.3. The zero-order valence-electron chi connectivity index (χ0n) is 38.7. The number of likely N-dealkylation sites (N-methyl/N-ethyl adjacent to an activating group) is 1. The van der Waals surface area contributed by atoms with Crippen molar-refractivity contribution in [3.8, 4) is 0 Å². The Labute approximate surface area is 379 Å². The summed E-state index contributed by atoms with van der Waals surface area (Å²) in [6, 6.07) is -6.64. The second-order valence-electron chi connectivity index (χ2n) is 16.3. The number of carbonyl (C=O) groups is 7. The highest BCUT2D eigenvalue weighted by molar-refractivity contribution is 5.96. The number of nitrogens with two attached hydrogens (primary N) is 2. The van der Waals surface area contributed by atoms with Gasteiger partial charge in [-0.2, -0.15) is 0 Å². The number of hydrogen-bond acceptors (Lipinski definition) is 12. The molecule has 0 aliphatic carbocycles. The molecule has 0 aromatic carbocycles. The standard InChI is InChI=1S/C43H83N11O10/c1-4-6-8-9-10-11-12-13-14-15-16-17-18-23-36(58)49-27-37(59)50-33(28-55)41(63)53-32(24-25-35(44)57)40(62)52-31(22-19-20-26-48-43(45)46)39(61)54-34(29-56)42(64)51-30(21-7-5-2)38(60)47-3/h30-34,38,47,55-56,60H,4-29H2,1-3H3,(H2,44,57)(H,49,58)(H,50,59)(H,51,64)(H,52,62)(H,53,63)(H,54,61)(H4,45,46,48)/t30-,31-,32-,33-,34-,38-/m0/s1. The summed E-state index contributed by atoms with van der Waals surface area (Å²) < 4.78 is 0. The lowest BCUT2D eigenvalue weighted by atomic mass is 10.0. The number of amides is 7. The van der Waals surface area contributed by atoms with Gasteiger partial charge in [0.05, 0.1) is 25.8 Å². The third-order valence-electron chi connectivity index (χ3n) is 10.7. The third-order valence-corrected chi connectivity index (χ3v) is 10.7. The highest BCUT2D eigenvalue weighted by Crippen LogP contribution is 2.13. The van der Waals surface area contributed by atoms with E-state index in [0.717, 1.165) is 25.7 Å². The Hall–Kier alpha value is -4.60. The quantitative estimate of drug-likeness (QED) is 0.0162. The smallest absolute Gasteiger partial charge is 0.245 e. The summed E-state index contributed by atoms with van der Waals surface area (Å²) in [5, 5.41) is 57.8. The van der Waals surface area contributed by atoms with Crippen LogP contribution in [-0.4, -0.2) is 132 Å². The van der Waals surface area contributed by atoms with E-state index in [1.54, 1.807) is 0 Å². The largest absolute Gasteiger partial charge is 0.394 e. The first-order chi connectivity index (χ1) is 30.6. The van der Waals surface area contributed by atoms with Crippen LogP contribution in [0.25, 0.3) is 0 Å². The molecule has 6 atom stereocenters. The maximum atomic E-state index is 13.7. The van der Waals surface area contributed by atoms with Crippen molar-refractivity contribution >= 4 is 47.3 Å². The molecule has 0 spiro atoms. The second-order valence-corrected chi connectivity index (χ2v) is 16.3. The summed E-state index contributed by atoms with van der Waals surface area (Å²) in [7, 11) is 1.50. The summed E-state index contributed by atoms with van der Waals surface area (Å²) in [4.78, 5) is 90.5. The van der Waals surface area contributed by atoms with Gasteiger partial charge in [-0.25, -0.2) is 0 Å². The Kier molecular flexibility index (Phi) is 35.0. The number of rotatable bonds is 40. The molecule has 0 aliphatic rings. The van der Waals surface area contributed by atoms with Gasteiger partial charge in [0.2, 0.25) is 41.4 Å². The number of guanidine groups is 1. The Balaban J connectivity index is 5.46. The van der Waals surface area contributed by atoms with Crippen LogP contribution in [-0.2, 0) is 33.6 Å². The third kappa shape index (κ3) is 29.7. The molecular weight excluding hydrogens is 831 g/mol. The van der Waals surface area contributed by atoms with Crippen LogP contribution in [0.4, 0.5) is 0 Å². The highest BCUT2D eigenvalue weighted by atomic mass is 16.3. The molecule has 7 amide bonds. The van der Waals surface area contributed by atoms with Crippen molar-refractivity contribution in [2.24, 2.45) is 11.5 Å². The predicted octanol–water partition coefficient (Wildman–Crippen LogP) is -0.361. The van der Waals surface area contributed by atoms with Crippen LogP contribution >= 0.6 is 0 Å². The Morgan fingerprint density at radius 2 is 0.984 bits per heavy atom. The minimum absolute atomic E-state index is 0.0224. The van der Waals surface area contributed by atoms with E-state index < -0.39 is 91.6 Å². The van der Waals surface area contributed by atoms with Crippen LogP contribution in [0.1, 0.15) is 155 Å². The molecule has 0 radical (unpaired) electrons. The van der Waals surface area contributed by atoms with Gasteiger partial charge in [-0.15, -0.1) is 0 Å². The molecule has 0 aliphatic heterocycles. The van der Waals surface area contributed by atoms with Crippen molar-refractivity contribution < 1.29 is 48.9 Å². The van der Waals surface area contributed by atoms with Gasteiger partial charge in [0.15, 0.2) is 5.96 Å². The van der Waals surface area contributed by atoms with E-state index in [2.05, 4.69) is 49.5 Å². The van der Waals surface area contributed by atoms with Crippen molar-refractivity contribution in [3.63, 3.8) is 0 Å². The molecule has 21 heteroatoms. The van der Waals surface area contributed by atoms with Gasteiger partial charge in [-0.1, -0.05) is 104 Å².